The normalized spacial score (nSPS) is 16.4. The van der Waals surface area contributed by atoms with Crippen LogP contribution in [0, 0.1) is 0 Å². The quantitative estimate of drug-likeness (QED) is 0.909. The Labute approximate surface area is 120 Å². The number of pyridine rings is 1. The fourth-order valence-electron chi connectivity index (χ4n) is 2.79. The Balaban J connectivity index is 1.81. The van der Waals surface area contributed by atoms with Gasteiger partial charge in [0.25, 0.3) is 0 Å². The predicted octanol–water partition coefficient (Wildman–Crippen LogP) is 2.71. The topological polar surface area (TPSA) is 42.1 Å². The van der Waals surface area contributed by atoms with Gasteiger partial charge in [-0.2, -0.15) is 0 Å². The number of rotatable bonds is 2. The van der Waals surface area contributed by atoms with Gasteiger partial charge in [0.1, 0.15) is 5.82 Å². The molecule has 0 fully saturated rings. The van der Waals surface area contributed by atoms with Crippen molar-refractivity contribution in [3.8, 4) is 0 Å². The van der Waals surface area contributed by atoms with Crippen molar-refractivity contribution in [2.45, 2.75) is 25.8 Å². The highest BCUT2D eigenvalue weighted by Crippen LogP contribution is 2.21. The van der Waals surface area contributed by atoms with Gasteiger partial charge in [0.2, 0.25) is 0 Å². The largest absolute Gasteiger partial charge is 0.356 e. The lowest BCUT2D eigenvalue weighted by molar-refractivity contribution is 0.777. The molecule has 1 aromatic carbocycles. The van der Waals surface area contributed by atoms with Gasteiger partial charge in [0, 0.05) is 25.3 Å². The third-order valence-corrected chi connectivity index (χ3v) is 4.04. The fraction of sp³-hybridized carbons (Fsp3) is 0.353. The number of nitrogens with two attached hydrogens (primary N) is 1. The van der Waals surface area contributed by atoms with Gasteiger partial charge in [-0.05, 0) is 48.6 Å². The van der Waals surface area contributed by atoms with Crippen molar-refractivity contribution in [3.63, 3.8) is 0 Å². The van der Waals surface area contributed by atoms with Gasteiger partial charge in [-0.15, -0.1) is 0 Å². The van der Waals surface area contributed by atoms with E-state index in [0.717, 1.165) is 37.3 Å². The van der Waals surface area contributed by atoms with Gasteiger partial charge in [-0.3, -0.25) is 0 Å². The first-order valence-electron chi connectivity index (χ1n) is 7.27. The van der Waals surface area contributed by atoms with Crippen LogP contribution in [-0.2, 0) is 12.8 Å². The van der Waals surface area contributed by atoms with Crippen LogP contribution in [0.15, 0.2) is 42.6 Å². The summed E-state index contributed by atoms with van der Waals surface area (Å²) in [5, 5.41) is 0. The van der Waals surface area contributed by atoms with Crippen molar-refractivity contribution in [1.29, 1.82) is 0 Å². The van der Waals surface area contributed by atoms with Crippen LogP contribution in [0.2, 0.25) is 0 Å². The van der Waals surface area contributed by atoms with Crippen LogP contribution < -0.4 is 10.6 Å². The van der Waals surface area contributed by atoms with Crippen molar-refractivity contribution in [1.82, 2.24) is 4.98 Å². The van der Waals surface area contributed by atoms with E-state index in [9.17, 15) is 0 Å². The first kappa shape index (κ1) is 13.1. The molecule has 0 saturated heterocycles. The fourth-order valence-corrected chi connectivity index (χ4v) is 2.79. The zero-order chi connectivity index (χ0) is 13.9. The van der Waals surface area contributed by atoms with Crippen LogP contribution in [0.4, 0.5) is 5.82 Å². The number of aromatic nitrogens is 1. The lowest BCUT2D eigenvalue weighted by atomic mass is 10.0. The Hall–Kier alpha value is -1.87. The van der Waals surface area contributed by atoms with Crippen molar-refractivity contribution < 1.29 is 0 Å². The van der Waals surface area contributed by atoms with Crippen molar-refractivity contribution in [2.75, 3.05) is 18.0 Å². The van der Waals surface area contributed by atoms with E-state index in [4.69, 9.17) is 5.73 Å². The van der Waals surface area contributed by atoms with Crippen LogP contribution in [0.1, 0.15) is 29.7 Å². The minimum Gasteiger partial charge on any atom is -0.356 e. The molecule has 1 aliphatic heterocycles. The third kappa shape index (κ3) is 2.68. The summed E-state index contributed by atoms with van der Waals surface area (Å²) >= 11 is 0. The molecular weight excluding hydrogens is 246 g/mol. The Kier molecular flexibility index (Phi) is 3.70. The SMILES string of the molecule is CC(N)c1ccnc(N2CCc3ccccc3CC2)c1. The maximum Gasteiger partial charge on any atom is 0.128 e. The Morgan fingerprint density at radius 1 is 1.10 bits per heavy atom. The second-order valence-corrected chi connectivity index (χ2v) is 5.49. The van der Waals surface area contributed by atoms with E-state index in [-0.39, 0.29) is 6.04 Å². The predicted molar refractivity (Wildman–Crippen MR) is 82.9 cm³/mol. The first-order valence-corrected chi connectivity index (χ1v) is 7.27. The molecule has 0 radical (unpaired) electrons. The van der Waals surface area contributed by atoms with Crippen molar-refractivity contribution >= 4 is 5.82 Å². The number of fused-ring (bicyclic) bond motifs is 1. The molecule has 2 N–H and O–H groups in total. The van der Waals surface area contributed by atoms with E-state index in [1.54, 1.807) is 0 Å². The van der Waals surface area contributed by atoms with Gasteiger partial charge in [0.15, 0.2) is 0 Å². The Morgan fingerprint density at radius 3 is 2.35 bits per heavy atom. The minimum atomic E-state index is 0.0564. The molecule has 3 nitrogen and oxygen atoms in total. The van der Waals surface area contributed by atoms with E-state index in [1.807, 2.05) is 19.2 Å². The smallest absolute Gasteiger partial charge is 0.128 e. The molecule has 1 unspecified atom stereocenters. The molecule has 1 aliphatic rings. The van der Waals surface area contributed by atoms with Crippen LogP contribution in [0.5, 0.6) is 0 Å². The summed E-state index contributed by atoms with van der Waals surface area (Å²) in [7, 11) is 0. The number of anilines is 1. The van der Waals surface area contributed by atoms with Crippen LogP contribution in [0.3, 0.4) is 0 Å². The Morgan fingerprint density at radius 2 is 1.75 bits per heavy atom. The summed E-state index contributed by atoms with van der Waals surface area (Å²) in [5.74, 6) is 1.05. The van der Waals surface area contributed by atoms with E-state index in [0.29, 0.717) is 0 Å². The lowest BCUT2D eigenvalue weighted by Crippen LogP contribution is -2.27. The molecule has 3 heteroatoms. The molecule has 2 heterocycles. The molecule has 0 amide bonds. The van der Waals surface area contributed by atoms with E-state index in [1.165, 1.54) is 11.1 Å². The summed E-state index contributed by atoms with van der Waals surface area (Å²) in [6, 6.07) is 12.9. The van der Waals surface area contributed by atoms with Crippen LogP contribution in [-0.4, -0.2) is 18.1 Å². The van der Waals surface area contributed by atoms with Gasteiger partial charge in [0.05, 0.1) is 0 Å². The summed E-state index contributed by atoms with van der Waals surface area (Å²) < 4.78 is 0. The van der Waals surface area contributed by atoms with Crippen LogP contribution in [0.25, 0.3) is 0 Å². The maximum atomic E-state index is 5.97. The first-order chi connectivity index (χ1) is 9.74. The highest BCUT2D eigenvalue weighted by molar-refractivity contribution is 5.44. The molecule has 104 valence electrons. The second kappa shape index (κ2) is 5.63. The van der Waals surface area contributed by atoms with E-state index < -0.39 is 0 Å². The molecule has 1 atom stereocenters. The van der Waals surface area contributed by atoms with Crippen LogP contribution >= 0.6 is 0 Å². The minimum absolute atomic E-state index is 0.0564. The Bertz CT molecular complexity index is 565. The molecular formula is C17H21N3. The zero-order valence-electron chi connectivity index (χ0n) is 11.9. The molecule has 0 saturated carbocycles. The van der Waals surface area contributed by atoms with E-state index in [2.05, 4.69) is 40.2 Å². The molecule has 2 aromatic rings. The third-order valence-electron chi connectivity index (χ3n) is 4.04. The van der Waals surface area contributed by atoms with Crippen molar-refractivity contribution in [3.05, 3.63) is 59.3 Å². The highest BCUT2D eigenvalue weighted by Gasteiger charge is 2.15. The van der Waals surface area contributed by atoms with Gasteiger partial charge in [-0.1, -0.05) is 24.3 Å². The summed E-state index contributed by atoms with van der Waals surface area (Å²) in [5.41, 5.74) is 10.1. The molecule has 0 bridgehead atoms. The molecule has 1 aromatic heterocycles. The maximum absolute atomic E-state index is 5.97. The molecule has 0 spiro atoms. The number of benzene rings is 1. The number of hydrogen-bond donors (Lipinski definition) is 1. The monoisotopic (exact) mass is 267 g/mol. The average Bonchev–Trinajstić information content (AvgIpc) is 2.70. The number of nitrogens with zero attached hydrogens (tertiary/aromatic N) is 2. The summed E-state index contributed by atoms with van der Waals surface area (Å²) in [6.07, 6.45) is 4.03. The average molecular weight is 267 g/mol. The number of hydrogen-bond acceptors (Lipinski definition) is 3. The van der Waals surface area contributed by atoms with Gasteiger partial charge in [-0.25, -0.2) is 4.98 Å². The second-order valence-electron chi connectivity index (χ2n) is 5.49. The van der Waals surface area contributed by atoms with Gasteiger partial charge < -0.3 is 10.6 Å². The molecule has 0 aliphatic carbocycles. The summed E-state index contributed by atoms with van der Waals surface area (Å²) in [6.45, 7) is 4.05. The lowest BCUT2D eigenvalue weighted by Gasteiger charge is -2.22. The zero-order valence-corrected chi connectivity index (χ0v) is 11.9. The highest BCUT2D eigenvalue weighted by atomic mass is 15.2. The standard InChI is InChI=1S/C17H21N3/c1-13(18)16-6-9-19-17(12-16)20-10-7-14-4-2-3-5-15(14)8-11-20/h2-6,9,12-13H,7-8,10-11,18H2,1H3. The van der Waals surface area contributed by atoms with E-state index >= 15 is 0 Å². The van der Waals surface area contributed by atoms with Crippen molar-refractivity contribution in [2.24, 2.45) is 5.73 Å². The molecule has 20 heavy (non-hydrogen) atoms. The van der Waals surface area contributed by atoms with Gasteiger partial charge >= 0.3 is 0 Å². The summed E-state index contributed by atoms with van der Waals surface area (Å²) in [4.78, 5) is 6.89. The molecule has 3 rings (SSSR count).